The minimum atomic E-state index is -0.503. The Labute approximate surface area is 141 Å². The molecule has 4 rings (SSSR count). The van der Waals surface area contributed by atoms with Crippen LogP contribution < -0.4 is 9.47 Å². The molecule has 1 aromatic heterocycles. The number of pyridine rings is 1. The van der Waals surface area contributed by atoms with Gasteiger partial charge in [-0.1, -0.05) is 12.1 Å². The number of aromatic nitrogens is 1. The lowest BCUT2D eigenvalue weighted by atomic mass is 9.95. The third-order valence-corrected chi connectivity index (χ3v) is 4.99. The molecule has 1 N–H and O–H groups in total. The zero-order valence-electron chi connectivity index (χ0n) is 13.8. The van der Waals surface area contributed by atoms with Crippen molar-refractivity contribution < 1.29 is 14.6 Å². The van der Waals surface area contributed by atoms with Gasteiger partial charge in [-0.05, 0) is 49.7 Å². The van der Waals surface area contributed by atoms with Crippen LogP contribution in [0.15, 0.2) is 36.5 Å². The smallest absolute Gasteiger partial charge is 0.221 e. The van der Waals surface area contributed by atoms with Crippen molar-refractivity contribution in [1.82, 2.24) is 9.88 Å². The minimum absolute atomic E-state index is 0.0544. The van der Waals surface area contributed by atoms with Crippen molar-refractivity contribution in [2.24, 2.45) is 0 Å². The molecule has 0 amide bonds. The topological polar surface area (TPSA) is 54.8 Å². The van der Waals surface area contributed by atoms with Crippen molar-refractivity contribution in [2.45, 2.75) is 25.0 Å². The maximum absolute atomic E-state index is 10.8. The number of ether oxygens (including phenoxy) is 2. The van der Waals surface area contributed by atoms with E-state index in [-0.39, 0.29) is 6.04 Å². The first-order valence-corrected chi connectivity index (χ1v) is 8.46. The van der Waals surface area contributed by atoms with Gasteiger partial charge < -0.3 is 14.6 Å². The molecule has 3 heterocycles. The second-order valence-electron chi connectivity index (χ2n) is 6.38. The Bertz CT molecular complexity index is 728. The van der Waals surface area contributed by atoms with Crippen LogP contribution >= 0.6 is 0 Å². The Morgan fingerprint density at radius 2 is 2.08 bits per heavy atom. The summed E-state index contributed by atoms with van der Waals surface area (Å²) in [5.41, 5.74) is 2.76. The van der Waals surface area contributed by atoms with Gasteiger partial charge in [-0.15, -0.1) is 0 Å². The zero-order valence-corrected chi connectivity index (χ0v) is 13.8. The van der Waals surface area contributed by atoms with E-state index < -0.39 is 6.10 Å². The highest BCUT2D eigenvalue weighted by Crippen LogP contribution is 2.39. The van der Waals surface area contributed by atoms with Crippen LogP contribution in [0.4, 0.5) is 0 Å². The molecule has 0 radical (unpaired) electrons. The Morgan fingerprint density at radius 3 is 2.88 bits per heavy atom. The summed E-state index contributed by atoms with van der Waals surface area (Å²) >= 11 is 0. The molecule has 0 aliphatic carbocycles. The molecule has 0 bridgehead atoms. The predicted octanol–water partition coefficient (Wildman–Crippen LogP) is 2.65. The number of rotatable bonds is 3. The Balaban J connectivity index is 1.65. The standard InChI is InChI=1S/C19H22N2O3/c1-23-19-14(5-4-8-20-19)13-6-7-15-17(11-13)24-12-16(18(15)22)21-9-2-3-10-21/h4-8,11,16,18,22H,2-3,9-10,12H2,1H3/t16-,18-/m1/s1. The Hall–Kier alpha value is -2.11. The largest absolute Gasteiger partial charge is 0.491 e. The molecular weight excluding hydrogens is 304 g/mol. The molecule has 5 heteroatoms. The minimum Gasteiger partial charge on any atom is -0.491 e. The molecule has 126 valence electrons. The fourth-order valence-corrected chi connectivity index (χ4v) is 3.70. The zero-order chi connectivity index (χ0) is 16.5. The van der Waals surface area contributed by atoms with E-state index in [1.165, 1.54) is 12.8 Å². The number of hydrogen-bond acceptors (Lipinski definition) is 5. The van der Waals surface area contributed by atoms with Gasteiger partial charge in [-0.2, -0.15) is 0 Å². The molecule has 2 aliphatic heterocycles. The van der Waals surface area contributed by atoms with Gasteiger partial charge in [0.05, 0.1) is 13.2 Å². The maximum atomic E-state index is 10.8. The first-order valence-electron chi connectivity index (χ1n) is 8.46. The molecule has 1 saturated heterocycles. The van der Waals surface area contributed by atoms with Crippen LogP contribution in [-0.4, -0.2) is 47.8 Å². The van der Waals surface area contributed by atoms with Crippen LogP contribution in [-0.2, 0) is 0 Å². The number of methoxy groups -OCH3 is 1. The van der Waals surface area contributed by atoms with E-state index >= 15 is 0 Å². The van der Waals surface area contributed by atoms with Crippen LogP contribution in [0.25, 0.3) is 11.1 Å². The second kappa shape index (κ2) is 6.42. The van der Waals surface area contributed by atoms with Gasteiger partial charge in [0, 0.05) is 17.3 Å². The molecular formula is C19H22N2O3. The number of aliphatic hydroxyl groups is 1. The van der Waals surface area contributed by atoms with Crippen LogP contribution in [0, 0.1) is 0 Å². The number of hydrogen-bond donors (Lipinski definition) is 1. The lowest BCUT2D eigenvalue weighted by Crippen LogP contribution is -2.44. The Morgan fingerprint density at radius 1 is 1.25 bits per heavy atom. The number of aliphatic hydroxyl groups excluding tert-OH is 1. The monoisotopic (exact) mass is 326 g/mol. The van der Waals surface area contributed by atoms with E-state index in [2.05, 4.69) is 9.88 Å². The first kappa shape index (κ1) is 15.4. The third-order valence-electron chi connectivity index (χ3n) is 4.99. The molecule has 5 nitrogen and oxygen atoms in total. The van der Waals surface area contributed by atoms with Crippen molar-refractivity contribution in [3.05, 3.63) is 42.1 Å². The summed E-state index contributed by atoms with van der Waals surface area (Å²) in [6.45, 7) is 2.62. The molecule has 2 aliphatic rings. The summed E-state index contributed by atoms with van der Waals surface area (Å²) in [5, 5.41) is 10.8. The molecule has 1 fully saturated rings. The van der Waals surface area contributed by atoms with Gasteiger partial charge in [-0.25, -0.2) is 4.98 Å². The average Bonchev–Trinajstić information content (AvgIpc) is 3.16. The van der Waals surface area contributed by atoms with Gasteiger partial charge in [-0.3, -0.25) is 4.90 Å². The van der Waals surface area contributed by atoms with E-state index in [0.29, 0.717) is 12.5 Å². The molecule has 2 atom stereocenters. The summed E-state index contributed by atoms with van der Waals surface area (Å²) in [5.74, 6) is 1.34. The van der Waals surface area contributed by atoms with Crippen molar-refractivity contribution in [3.63, 3.8) is 0 Å². The predicted molar refractivity (Wildman–Crippen MR) is 91.3 cm³/mol. The third kappa shape index (κ3) is 2.64. The highest BCUT2D eigenvalue weighted by atomic mass is 16.5. The van der Waals surface area contributed by atoms with Crippen LogP contribution in [0.1, 0.15) is 24.5 Å². The maximum Gasteiger partial charge on any atom is 0.221 e. The number of benzene rings is 1. The molecule has 24 heavy (non-hydrogen) atoms. The van der Waals surface area contributed by atoms with E-state index in [1.54, 1.807) is 13.3 Å². The van der Waals surface area contributed by atoms with E-state index in [9.17, 15) is 5.11 Å². The molecule has 1 aromatic carbocycles. The summed E-state index contributed by atoms with van der Waals surface area (Å²) in [6.07, 6.45) is 3.62. The van der Waals surface area contributed by atoms with Crippen molar-refractivity contribution in [1.29, 1.82) is 0 Å². The van der Waals surface area contributed by atoms with Gasteiger partial charge in [0.1, 0.15) is 18.5 Å². The normalized spacial score (nSPS) is 23.6. The van der Waals surface area contributed by atoms with Gasteiger partial charge in [0.2, 0.25) is 5.88 Å². The summed E-state index contributed by atoms with van der Waals surface area (Å²) in [4.78, 5) is 6.58. The van der Waals surface area contributed by atoms with E-state index in [4.69, 9.17) is 9.47 Å². The fraction of sp³-hybridized carbons (Fsp3) is 0.421. The highest BCUT2D eigenvalue weighted by molar-refractivity contribution is 5.70. The Kier molecular flexibility index (Phi) is 4.12. The quantitative estimate of drug-likeness (QED) is 0.940. The molecule has 0 unspecified atom stereocenters. The number of nitrogens with zero attached hydrogens (tertiary/aromatic N) is 2. The van der Waals surface area contributed by atoms with E-state index in [1.807, 2.05) is 30.3 Å². The lowest BCUT2D eigenvalue weighted by molar-refractivity contribution is 0.0140. The van der Waals surface area contributed by atoms with Crippen molar-refractivity contribution in [3.8, 4) is 22.8 Å². The molecule has 0 spiro atoms. The summed E-state index contributed by atoms with van der Waals surface area (Å²) in [6, 6.07) is 9.84. The van der Waals surface area contributed by atoms with Crippen LogP contribution in [0.2, 0.25) is 0 Å². The SMILES string of the molecule is COc1ncccc1-c1ccc2c(c1)OC[C@@H](N1CCCC1)[C@@H]2O. The van der Waals surface area contributed by atoms with Gasteiger partial charge in [0.15, 0.2) is 0 Å². The van der Waals surface area contributed by atoms with Crippen LogP contribution in [0.5, 0.6) is 11.6 Å². The van der Waals surface area contributed by atoms with Crippen LogP contribution in [0.3, 0.4) is 0 Å². The van der Waals surface area contributed by atoms with Crippen molar-refractivity contribution in [2.75, 3.05) is 26.8 Å². The summed E-state index contributed by atoms with van der Waals surface area (Å²) in [7, 11) is 1.62. The van der Waals surface area contributed by atoms with Crippen molar-refractivity contribution >= 4 is 0 Å². The van der Waals surface area contributed by atoms with Gasteiger partial charge >= 0.3 is 0 Å². The summed E-state index contributed by atoms with van der Waals surface area (Å²) < 4.78 is 11.3. The second-order valence-corrected chi connectivity index (χ2v) is 6.38. The highest BCUT2D eigenvalue weighted by Gasteiger charge is 2.35. The molecule has 0 saturated carbocycles. The average molecular weight is 326 g/mol. The van der Waals surface area contributed by atoms with Gasteiger partial charge in [0.25, 0.3) is 0 Å². The fourth-order valence-electron chi connectivity index (χ4n) is 3.70. The first-order chi connectivity index (χ1) is 11.8. The molecule has 2 aromatic rings. The lowest BCUT2D eigenvalue weighted by Gasteiger charge is -2.36. The van der Waals surface area contributed by atoms with E-state index in [0.717, 1.165) is 35.5 Å². The number of fused-ring (bicyclic) bond motifs is 1. The number of likely N-dealkylation sites (tertiary alicyclic amines) is 1.